The molecule has 0 aromatic heterocycles. The van der Waals surface area contributed by atoms with Gasteiger partial charge < -0.3 is 10.1 Å². The molecule has 0 fully saturated rings. The van der Waals surface area contributed by atoms with E-state index < -0.39 is 0 Å². The molecule has 2 nitrogen and oxygen atoms in total. The number of ether oxygens (including phenoxy) is 1. The number of benzene rings is 1. The van der Waals surface area contributed by atoms with Gasteiger partial charge in [0.1, 0.15) is 0 Å². The third kappa shape index (κ3) is 5.06. The van der Waals surface area contributed by atoms with Crippen molar-refractivity contribution < 1.29 is 4.74 Å². The van der Waals surface area contributed by atoms with Gasteiger partial charge in [0, 0.05) is 18.8 Å². The van der Waals surface area contributed by atoms with Crippen molar-refractivity contribution in [3.8, 4) is 0 Å². The van der Waals surface area contributed by atoms with Crippen LogP contribution in [0.1, 0.15) is 13.8 Å². The molecule has 0 atom stereocenters. The first-order chi connectivity index (χ1) is 7.59. The monoisotopic (exact) mass is 261 g/mol. The normalized spacial score (nSPS) is 10.8. The van der Waals surface area contributed by atoms with Crippen LogP contribution in [-0.2, 0) is 4.74 Å². The number of hydrogen-bond acceptors (Lipinski definition) is 2. The number of nitrogens with one attached hydrogen (secondary N) is 1. The van der Waals surface area contributed by atoms with Gasteiger partial charge in [-0.15, -0.1) is 0 Å². The predicted molar refractivity (Wildman–Crippen MR) is 70.6 cm³/mol. The minimum absolute atomic E-state index is 0.565. The van der Waals surface area contributed by atoms with Gasteiger partial charge >= 0.3 is 0 Å². The maximum atomic E-state index is 5.89. The maximum Gasteiger partial charge on any atom is 0.0639 e. The highest BCUT2D eigenvalue weighted by atomic mass is 35.5. The fourth-order valence-electron chi connectivity index (χ4n) is 1.19. The van der Waals surface area contributed by atoms with Crippen LogP contribution < -0.4 is 5.32 Å². The average molecular weight is 262 g/mol. The Morgan fingerprint density at radius 3 is 2.62 bits per heavy atom. The Morgan fingerprint density at radius 1 is 1.25 bits per heavy atom. The summed E-state index contributed by atoms with van der Waals surface area (Å²) in [6, 6.07) is 5.49. The van der Waals surface area contributed by atoms with Crippen LogP contribution in [0.15, 0.2) is 18.2 Å². The topological polar surface area (TPSA) is 21.3 Å². The number of hydrogen-bond donors (Lipinski definition) is 1. The SMILES string of the molecule is CC(C)COCCNc1ccc(Cl)c(Cl)c1. The van der Waals surface area contributed by atoms with Gasteiger partial charge in [-0.1, -0.05) is 37.0 Å². The second-order valence-electron chi connectivity index (χ2n) is 4.02. The highest BCUT2D eigenvalue weighted by Crippen LogP contribution is 2.24. The van der Waals surface area contributed by atoms with E-state index in [1.165, 1.54) is 0 Å². The van der Waals surface area contributed by atoms with Crippen molar-refractivity contribution in [3.05, 3.63) is 28.2 Å². The molecule has 0 aliphatic carbocycles. The van der Waals surface area contributed by atoms with Gasteiger partial charge in [-0.25, -0.2) is 0 Å². The molecule has 4 heteroatoms. The minimum atomic E-state index is 0.565. The lowest BCUT2D eigenvalue weighted by Gasteiger charge is -2.09. The van der Waals surface area contributed by atoms with E-state index in [0.29, 0.717) is 22.6 Å². The molecular formula is C12H17Cl2NO. The molecule has 0 bridgehead atoms. The van der Waals surface area contributed by atoms with Crippen LogP contribution in [-0.4, -0.2) is 19.8 Å². The fourth-order valence-corrected chi connectivity index (χ4v) is 1.49. The van der Waals surface area contributed by atoms with Crippen LogP contribution in [0.4, 0.5) is 5.69 Å². The van der Waals surface area contributed by atoms with Crippen molar-refractivity contribution in [1.29, 1.82) is 0 Å². The van der Waals surface area contributed by atoms with Gasteiger partial charge in [0.25, 0.3) is 0 Å². The first-order valence-electron chi connectivity index (χ1n) is 5.36. The molecule has 0 amide bonds. The van der Waals surface area contributed by atoms with Crippen molar-refractivity contribution in [2.24, 2.45) is 5.92 Å². The highest BCUT2D eigenvalue weighted by Gasteiger charge is 1.99. The summed E-state index contributed by atoms with van der Waals surface area (Å²) in [6.45, 7) is 6.52. The van der Waals surface area contributed by atoms with Crippen molar-refractivity contribution >= 4 is 28.9 Å². The molecule has 0 aliphatic rings. The Morgan fingerprint density at radius 2 is 2.00 bits per heavy atom. The first kappa shape index (κ1) is 13.6. The van der Waals surface area contributed by atoms with Gasteiger partial charge in [0.05, 0.1) is 16.7 Å². The molecule has 0 heterocycles. The van der Waals surface area contributed by atoms with Gasteiger partial charge in [0.15, 0.2) is 0 Å². The van der Waals surface area contributed by atoms with Gasteiger partial charge in [-0.3, -0.25) is 0 Å². The molecule has 16 heavy (non-hydrogen) atoms. The van der Waals surface area contributed by atoms with Gasteiger partial charge in [-0.2, -0.15) is 0 Å². The van der Waals surface area contributed by atoms with Gasteiger partial charge in [-0.05, 0) is 24.1 Å². The molecule has 1 aromatic rings. The molecule has 0 aliphatic heterocycles. The molecule has 0 saturated heterocycles. The van der Waals surface area contributed by atoms with Crippen LogP contribution >= 0.6 is 23.2 Å². The van der Waals surface area contributed by atoms with Crippen molar-refractivity contribution in [2.45, 2.75) is 13.8 Å². The number of rotatable bonds is 6. The van der Waals surface area contributed by atoms with E-state index in [-0.39, 0.29) is 0 Å². The van der Waals surface area contributed by atoms with E-state index in [2.05, 4.69) is 19.2 Å². The maximum absolute atomic E-state index is 5.89. The van der Waals surface area contributed by atoms with Crippen LogP contribution in [0.3, 0.4) is 0 Å². The Hall–Kier alpha value is -0.440. The second-order valence-corrected chi connectivity index (χ2v) is 4.84. The summed E-state index contributed by atoms with van der Waals surface area (Å²) in [5, 5.41) is 4.36. The van der Waals surface area contributed by atoms with E-state index in [1.807, 2.05) is 12.1 Å². The summed E-state index contributed by atoms with van der Waals surface area (Å²) in [7, 11) is 0. The van der Waals surface area contributed by atoms with E-state index in [0.717, 1.165) is 18.8 Å². The lowest BCUT2D eigenvalue weighted by Crippen LogP contribution is -2.12. The zero-order valence-electron chi connectivity index (χ0n) is 9.59. The second kappa shape index (κ2) is 7.00. The van der Waals surface area contributed by atoms with Crippen LogP contribution in [0.5, 0.6) is 0 Å². The standard InChI is InChI=1S/C12H17Cl2NO/c1-9(2)8-16-6-5-15-10-3-4-11(13)12(14)7-10/h3-4,7,9,15H,5-6,8H2,1-2H3. The van der Waals surface area contributed by atoms with Crippen LogP contribution in [0, 0.1) is 5.92 Å². The molecule has 0 radical (unpaired) electrons. The zero-order chi connectivity index (χ0) is 12.0. The molecule has 0 saturated carbocycles. The molecule has 1 rings (SSSR count). The summed E-state index contributed by atoms with van der Waals surface area (Å²) in [5.41, 5.74) is 0.961. The molecule has 0 spiro atoms. The van der Waals surface area contributed by atoms with Crippen molar-refractivity contribution in [2.75, 3.05) is 25.1 Å². The molecule has 1 aromatic carbocycles. The van der Waals surface area contributed by atoms with Gasteiger partial charge in [0.2, 0.25) is 0 Å². The van der Waals surface area contributed by atoms with Crippen molar-refractivity contribution in [3.63, 3.8) is 0 Å². The van der Waals surface area contributed by atoms with Crippen molar-refractivity contribution in [1.82, 2.24) is 0 Å². The molecule has 1 N–H and O–H groups in total. The largest absolute Gasteiger partial charge is 0.383 e. The summed E-state index contributed by atoms with van der Waals surface area (Å²) >= 11 is 11.7. The number of anilines is 1. The third-order valence-electron chi connectivity index (χ3n) is 1.95. The lowest BCUT2D eigenvalue weighted by molar-refractivity contribution is 0.118. The van der Waals surface area contributed by atoms with Crippen LogP contribution in [0.25, 0.3) is 0 Å². The smallest absolute Gasteiger partial charge is 0.0639 e. The average Bonchev–Trinajstić information content (AvgIpc) is 2.22. The predicted octanol–water partition coefficient (Wildman–Crippen LogP) is 4.08. The van der Waals surface area contributed by atoms with E-state index in [1.54, 1.807) is 6.07 Å². The summed E-state index contributed by atoms with van der Waals surface area (Å²) in [6.07, 6.45) is 0. The van der Waals surface area contributed by atoms with E-state index >= 15 is 0 Å². The Labute approximate surface area is 107 Å². The Balaban J connectivity index is 2.24. The number of halogens is 2. The third-order valence-corrected chi connectivity index (χ3v) is 2.69. The van der Waals surface area contributed by atoms with E-state index in [4.69, 9.17) is 27.9 Å². The Kier molecular flexibility index (Phi) is 5.96. The van der Waals surface area contributed by atoms with Crippen LogP contribution in [0.2, 0.25) is 10.0 Å². The summed E-state index contributed by atoms with van der Waals surface area (Å²) in [4.78, 5) is 0. The zero-order valence-corrected chi connectivity index (χ0v) is 11.1. The molecule has 90 valence electrons. The molecular weight excluding hydrogens is 245 g/mol. The summed E-state index contributed by atoms with van der Waals surface area (Å²) < 4.78 is 5.45. The lowest BCUT2D eigenvalue weighted by atomic mass is 10.2. The first-order valence-corrected chi connectivity index (χ1v) is 6.12. The van der Waals surface area contributed by atoms with E-state index in [9.17, 15) is 0 Å². The Bertz CT molecular complexity index is 329. The fraction of sp³-hybridized carbons (Fsp3) is 0.500. The quantitative estimate of drug-likeness (QED) is 0.780. The summed E-state index contributed by atoms with van der Waals surface area (Å²) in [5.74, 6) is 0.574. The molecule has 0 unspecified atom stereocenters. The minimum Gasteiger partial charge on any atom is -0.383 e. The highest BCUT2D eigenvalue weighted by molar-refractivity contribution is 6.42.